The fourth-order valence-corrected chi connectivity index (χ4v) is 3.42. The first kappa shape index (κ1) is 20.4. The molecule has 0 amide bonds. The lowest BCUT2D eigenvalue weighted by Gasteiger charge is -2.36. The summed E-state index contributed by atoms with van der Waals surface area (Å²) >= 11 is 0. The van der Waals surface area contributed by atoms with E-state index in [9.17, 15) is 19.4 Å². The van der Waals surface area contributed by atoms with E-state index in [1.807, 2.05) is 25.1 Å². The van der Waals surface area contributed by atoms with Crippen molar-refractivity contribution >= 4 is 5.78 Å². The van der Waals surface area contributed by atoms with Gasteiger partial charge in [-0.25, -0.2) is 4.39 Å². The summed E-state index contributed by atoms with van der Waals surface area (Å²) in [6, 6.07) is 13.0. The third-order valence-corrected chi connectivity index (χ3v) is 5.31. The number of aliphatic hydroxyl groups excluding tert-OH is 1. The number of likely N-dealkylation sites (tertiary alicyclic amines) is 1. The van der Waals surface area contributed by atoms with Crippen LogP contribution in [-0.4, -0.2) is 46.1 Å². The first-order chi connectivity index (χ1) is 13.4. The zero-order valence-electron chi connectivity index (χ0n) is 16.0. The van der Waals surface area contributed by atoms with Crippen LogP contribution in [0.1, 0.15) is 40.4 Å². The van der Waals surface area contributed by atoms with Crippen LogP contribution < -0.4 is 0 Å². The molecule has 1 heterocycles. The van der Waals surface area contributed by atoms with E-state index in [4.69, 9.17) is 0 Å². The van der Waals surface area contributed by atoms with Crippen LogP contribution in [-0.2, 0) is 0 Å². The van der Waals surface area contributed by atoms with Crippen molar-refractivity contribution in [2.45, 2.75) is 31.5 Å². The van der Waals surface area contributed by atoms with E-state index in [0.717, 1.165) is 5.56 Å². The number of piperidine rings is 1. The highest BCUT2D eigenvalue weighted by Crippen LogP contribution is 2.26. The Morgan fingerprint density at radius 2 is 1.75 bits per heavy atom. The van der Waals surface area contributed by atoms with Crippen LogP contribution in [0.15, 0.2) is 60.7 Å². The number of rotatable bonds is 6. The first-order valence-corrected chi connectivity index (χ1v) is 9.54. The maximum Gasteiger partial charge on any atom is 0.194 e. The number of carbonyl (C=O) groups excluding carboxylic acids is 1. The van der Waals surface area contributed by atoms with Crippen LogP contribution in [0.4, 0.5) is 4.39 Å². The van der Waals surface area contributed by atoms with E-state index in [-0.39, 0.29) is 11.6 Å². The van der Waals surface area contributed by atoms with Gasteiger partial charge in [0.05, 0.1) is 6.10 Å². The van der Waals surface area contributed by atoms with Crippen LogP contribution in [0, 0.1) is 12.7 Å². The van der Waals surface area contributed by atoms with Gasteiger partial charge in [-0.05, 0) is 37.5 Å². The Labute approximate surface area is 164 Å². The average Bonchev–Trinajstić information content (AvgIpc) is 2.70. The number of halogens is 1. The number of Topliss-reactive ketones (excluding diaryl/α,β-unsaturated/α-hetero) is 1. The lowest BCUT2D eigenvalue weighted by molar-refractivity contribution is -0.00439. The zero-order chi connectivity index (χ0) is 20.1. The predicted molar refractivity (Wildman–Crippen MR) is 107 cm³/mol. The molecule has 2 N–H and O–H groups in total. The molecule has 28 heavy (non-hydrogen) atoms. The second-order valence-corrected chi connectivity index (χ2v) is 7.45. The van der Waals surface area contributed by atoms with Gasteiger partial charge in [-0.2, -0.15) is 0 Å². The summed E-state index contributed by atoms with van der Waals surface area (Å²) in [6.45, 7) is 3.78. The highest BCUT2D eigenvalue weighted by molar-refractivity contribution is 6.02. The molecule has 1 aliphatic heterocycles. The zero-order valence-corrected chi connectivity index (χ0v) is 16.0. The van der Waals surface area contributed by atoms with Crippen LogP contribution >= 0.6 is 0 Å². The van der Waals surface area contributed by atoms with Gasteiger partial charge in [0.2, 0.25) is 0 Å². The molecule has 2 aromatic carbocycles. The van der Waals surface area contributed by atoms with E-state index >= 15 is 0 Å². The molecule has 1 unspecified atom stereocenters. The number of ketones is 1. The highest BCUT2D eigenvalue weighted by Gasteiger charge is 2.39. The van der Waals surface area contributed by atoms with Gasteiger partial charge in [0.25, 0.3) is 0 Å². The number of aliphatic hydroxyl groups is 2. The molecule has 0 spiro atoms. The maximum atomic E-state index is 12.9. The Kier molecular flexibility index (Phi) is 6.39. The molecule has 0 saturated carbocycles. The van der Waals surface area contributed by atoms with E-state index < -0.39 is 11.7 Å². The summed E-state index contributed by atoms with van der Waals surface area (Å²) in [7, 11) is 0. The van der Waals surface area contributed by atoms with Gasteiger partial charge in [0, 0.05) is 25.2 Å². The molecule has 1 aliphatic rings. The summed E-state index contributed by atoms with van der Waals surface area (Å²) in [4.78, 5) is 14.8. The lowest BCUT2D eigenvalue weighted by atomic mass is 9.84. The predicted octanol–water partition coefficient (Wildman–Crippen LogP) is 3.43. The van der Waals surface area contributed by atoms with Gasteiger partial charge in [-0.15, -0.1) is 0 Å². The second kappa shape index (κ2) is 8.78. The number of benzene rings is 2. The summed E-state index contributed by atoms with van der Waals surface area (Å²) in [5.41, 5.74) is 0.939. The minimum Gasteiger partial charge on any atom is -0.384 e. The Morgan fingerprint density at radius 3 is 2.36 bits per heavy atom. The van der Waals surface area contributed by atoms with Crippen molar-refractivity contribution in [1.82, 2.24) is 4.90 Å². The van der Waals surface area contributed by atoms with Crippen molar-refractivity contribution in [2.75, 3.05) is 19.6 Å². The topological polar surface area (TPSA) is 60.8 Å². The van der Waals surface area contributed by atoms with Crippen LogP contribution in [0.5, 0.6) is 0 Å². The van der Waals surface area contributed by atoms with Gasteiger partial charge in [0.15, 0.2) is 5.78 Å². The van der Waals surface area contributed by atoms with Gasteiger partial charge < -0.3 is 10.2 Å². The molecule has 0 aliphatic carbocycles. The minimum atomic E-state index is -1.32. The third-order valence-electron chi connectivity index (χ3n) is 5.31. The average molecular weight is 383 g/mol. The molecule has 0 radical (unpaired) electrons. The van der Waals surface area contributed by atoms with Gasteiger partial charge in [-0.1, -0.05) is 54.1 Å². The van der Waals surface area contributed by atoms with Crippen molar-refractivity contribution in [3.8, 4) is 0 Å². The molecule has 148 valence electrons. The number of hydrogen-bond acceptors (Lipinski definition) is 4. The lowest BCUT2D eigenvalue weighted by Crippen LogP contribution is -2.49. The molecule has 1 fully saturated rings. The summed E-state index contributed by atoms with van der Waals surface area (Å²) in [6.07, 6.45) is 3.51. The van der Waals surface area contributed by atoms with E-state index in [2.05, 4.69) is 4.90 Å². The van der Waals surface area contributed by atoms with Crippen molar-refractivity contribution in [1.29, 1.82) is 0 Å². The Hall–Kier alpha value is -2.34. The van der Waals surface area contributed by atoms with Gasteiger partial charge in [-0.3, -0.25) is 9.69 Å². The fourth-order valence-electron chi connectivity index (χ4n) is 3.42. The van der Waals surface area contributed by atoms with Crippen LogP contribution in [0.2, 0.25) is 0 Å². The quantitative estimate of drug-likeness (QED) is 0.593. The fraction of sp³-hybridized carbons (Fsp3) is 0.348. The highest BCUT2D eigenvalue weighted by atomic mass is 19.1. The van der Waals surface area contributed by atoms with Crippen LogP contribution in [0.3, 0.4) is 0 Å². The Morgan fingerprint density at radius 1 is 1.14 bits per heavy atom. The van der Waals surface area contributed by atoms with E-state index in [1.54, 1.807) is 30.3 Å². The van der Waals surface area contributed by atoms with Gasteiger partial charge in [0.1, 0.15) is 11.4 Å². The van der Waals surface area contributed by atoms with Gasteiger partial charge >= 0.3 is 0 Å². The molecular weight excluding hydrogens is 357 g/mol. The molecule has 0 aromatic heterocycles. The maximum absolute atomic E-state index is 12.9. The Balaban J connectivity index is 1.51. The molecule has 3 rings (SSSR count). The third kappa shape index (κ3) is 4.93. The van der Waals surface area contributed by atoms with Crippen molar-refractivity contribution in [2.24, 2.45) is 0 Å². The summed E-state index contributed by atoms with van der Waals surface area (Å²) in [5.74, 6) is -0.546. The standard InChI is InChI=1S/C23H26FNO3/c1-17-4-6-19(7-5-17)22(27)23(28)12-15-25(16-13-23)14-2-3-21(26)18-8-10-20(24)11-9-18/h2-11,21,26,28H,12-16H2,1H3. The molecular formula is C23H26FNO3. The Bertz CT molecular complexity index is 822. The van der Waals surface area contributed by atoms with Crippen LogP contribution in [0.25, 0.3) is 0 Å². The monoisotopic (exact) mass is 383 g/mol. The molecule has 5 heteroatoms. The summed E-state index contributed by atoms with van der Waals surface area (Å²) < 4.78 is 12.9. The number of aryl methyl sites for hydroxylation is 1. The summed E-state index contributed by atoms with van der Waals surface area (Å²) in [5, 5.41) is 20.9. The molecule has 0 bridgehead atoms. The minimum absolute atomic E-state index is 0.213. The molecule has 4 nitrogen and oxygen atoms in total. The second-order valence-electron chi connectivity index (χ2n) is 7.45. The number of carbonyl (C=O) groups is 1. The van der Waals surface area contributed by atoms with Crippen molar-refractivity contribution in [3.05, 3.63) is 83.2 Å². The number of hydrogen-bond donors (Lipinski definition) is 2. The molecule has 1 atom stereocenters. The van der Waals surface area contributed by atoms with E-state index in [1.165, 1.54) is 12.1 Å². The smallest absolute Gasteiger partial charge is 0.194 e. The van der Waals surface area contributed by atoms with E-state index in [0.29, 0.717) is 43.6 Å². The van der Waals surface area contributed by atoms with Crippen molar-refractivity contribution in [3.63, 3.8) is 0 Å². The normalized spacial score (nSPS) is 18.3. The van der Waals surface area contributed by atoms with Crippen molar-refractivity contribution < 1.29 is 19.4 Å². The SMILES string of the molecule is Cc1ccc(C(=O)C2(O)CCN(CC=CC(O)c3ccc(F)cc3)CC2)cc1. The first-order valence-electron chi connectivity index (χ1n) is 9.54. The molecule has 1 saturated heterocycles. The largest absolute Gasteiger partial charge is 0.384 e. The molecule has 2 aromatic rings. The number of nitrogens with zero attached hydrogens (tertiary/aromatic N) is 1.